The first-order valence-corrected chi connectivity index (χ1v) is 23.2. The van der Waals surface area contributed by atoms with Crippen molar-refractivity contribution in [3.05, 3.63) is 199 Å². The van der Waals surface area contributed by atoms with Crippen LogP contribution in [-0.4, -0.2) is 0 Å². The van der Waals surface area contributed by atoms with Crippen molar-refractivity contribution in [3.8, 4) is 0 Å². The second-order valence-electron chi connectivity index (χ2n) is 18.1. The maximum atomic E-state index is 2.51. The zero-order valence-electron chi connectivity index (χ0n) is 35.4. The average molecular weight is 801 g/mol. The second-order valence-corrected chi connectivity index (χ2v) is 18.1. The number of allylic oxidation sites excluding steroid dienone is 3. The molecule has 62 heavy (non-hydrogen) atoms. The highest BCUT2D eigenvalue weighted by Gasteiger charge is 2.26. The van der Waals surface area contributed by atoms with Gasteiger partial charge in [-0.1, -0.05) is 147 Å². The standard InChI is InChI=1S/C60H52N2/c1-3-19-45(20-4-1)61(47-31-27-43(28-32-47)41-15-7-8-16-41)49-35-37-55-57(39-49)51-23-11-13-25-53(51)60-56-38-36-50(40-58(56)52-24-12-14-26-54(52)59(55)60)62(46-21-5-2-6-22-46)48-33-29-44(30-34-48)42-17-9-10-18-42/h1-6,11-14,19-29,31-42,44H,7-10,15-18,30H2. The van der Waals surface area contributed by atoms with E-state index < -0.39 is 0 Å². The van der Waals surface area contributed by atoms with E-state index in [0.29, 0.717) is 11.8 Å². The maximum absolute atomic E-state index is 2.51. The van der Waals surface area contributed by atoms with Gasteiger partial charge in [-0.25, -0.2) is 0 Å². The van der Waals surface area contributed by atoms with Crippen LogP contribution in [0.15, 0.2) is 194 Å². The first kappa shape index (κ1) is 37.1. The largest absolute Gasteiger partial charge is 0.311 e. The van der Waals surface area contributed by atoms with Gasteiger partial charge >= 0.3 is 0 Å². The molecule has 2 fully saturated rings. The van der Waals surface area contributed by atoms with Gasteiger partial charge in [0.2, 0.25) is 0 Å². The van der Waals surface area contributed by atoms with Gasteiger partial charge in [0.05, 0.1) is 0 Å². The Balaban J connectivity index is 1.04. The highest BCUT2D eigenvalue weighted by atomic mass is 15.1. The molecule has 3 aliphatic rings. The van der Waals surface area contributed by atoms with Crippen LogP contribution < -0.4 is 9.80 Å². The van der Waals surface area contributed by atoms with Gasteiger partial charge in [-0.15, -0.1) is 0 Å². The number of anilines is 5. The summed E-state index contributed by atoms with van der Waals surface area (Å²) in [6.45, 7) is 0. The van der Waals surface area contributed by atoms with E-state index in [1.54, 1.807) is 0 Å². The number of nitrogens with zero attached hydrogens (tertiary/aromatic N) is 2. The summed E-state index contributed by atoms with van der Waals surface area (Å²) in [4.78, 5) is 4.90. The molecule has 1 atom stereocenters. The van der Waals surface area contributed by atoms with Crippen molar-refractivity contribution in [3.63, 3.8) is 0 Å². The minimum absolute atomic E-state index is 0.652. The molecule has 9 aromatic carbocycles. The lowest BCUT2D eigenvalue weighted by Gasteiger charge is -2.30. The van der Waals surface area contributed by atoms with Crippen molar-refractivity contribution in [1.29, 1.82) is 0 Å². The van der Waals surface area contributed by atoms with Crippen LogP contribution in [0.4, 0.5) is 28.4 Å². The van der Waals surface area contributed by atoms with Crippen LogP contribution in [0.25, 0.3) is 53.9 Å². The lowest BCUT2D eigenvalue weighted by atomic mass is 9.85. The number of hydrogen-bond donors (Lipinski definition) is 0. The summed E-state index contributed by atoms with van der Waals surface area (Å²) >= 11 is 0. The summed E-state index contributed by atoms with van der Waals surface area (Å²) < 4.78 is 0. The molecule has 0 spiro atoms. The van der Waals surface area contributed by atoms with E-state index in [1.165, 1.54) is 134 Å². The fourth-order valence-corrected chi connectivity index (χ4v) is 11.7. The predicted octanol–water partition coefficient (Wildman–Crippen LogP) is 17.4. The van der Waals surface area contributed by atoms with Crippen LogP contribution in [0.3, 0.4) is 0 Å². The number of rotatable bonds is 8. The fraction of sp³-hybridized carbons (Fsp3) is 0.200. The summed E-state index contributed by atoms with van der Waals surface area (Å²) in [5.74, 6) is 2.17. The van der Waals surface area contributed by atoms with Crippen molar-refractivity contribution in [2.24, 2.45) is 11.8 Å². The molecule has 2 heteroatoms. The summed E-state index contributed by atoms with van der Waals surface area (Å²) in [6.07, 6.45) is 19.3. The monoisotopic (exact) mass is 800 g/mol. The quantitative estimate of drug-likeness (QED) is 0.141. The van der Waals surface area contributed by atoms with Crippen LogP contribution in [-0.2, 0) is 0 Å². The molecular weight excluding hydrogens is 749 g/mol. The Bertz CT molecular complexity index is 3170. The fourth-order valence-electron chi connectivity index (χ4n) is 11.7. The number of para-hydroxylation sites is 2. The molecular formula is C60H52N2. The molecule has 9 aromatic rings. The molecule has 3 aliphatic carbocycles. The minimum atomic E-state index is 0.652. The van der Waals surface area contributed by atoms with Crippen molar-refractivity contribution in [1.82, 2.24) is 0 Å². The van der Waals surface area contributed by atoms with E-state index in [2.05, 4.69) is 198 Å². The van der Waals surface area contributed by atoms with E-state index in [1.807, 2.05) is 0 Å². The van der Waals surface area contributed by atoms with Gasteiger partial charge in [-0.3, -0.25) is 0 Å². The van der Waals surface area contributed by atoms with Gasteiger partial charge in [0, 0.05) is 34.1 Å². The zero-order valence-corrected chi connectivity index (χ0v) is 35.4. The van der Waals surface area contributed by atoms with Crippen LogP contribution in [0.5, 0.6) is 0 Å². The molecule has 0 N–H and O–H groups in total. The molecule has 0 radical (unpaired) electrons. The summed E-state index contributed by atoms with van der Waals surface area (Å²) in [5.41, 5.74) is 8.63. The van der Waals surface area contributed by atoms with E-state index in [-0.39, 0.29) is 0 Å². The number of fused-ring (bicyclic) bond motifs is 11. The third kappa shape index (κ3) is 6.39. The van der Waals surface area contributed by atoms with Crippen molar-refractivity contribution in [2.45, 2.75) is 63.7 Å². The maximum Gasteiger partial charge on any atom is 0.0468 e. The van der Waals surface area contributed by atoms with E-state index >= 15 is 0 Å². The van der Waals surface area contributed by atoms with Crippen molar-refractivity contribution < 1.29 is 0 Å². The topological polar surface area (TPSA) is 6.48 Å². The number of benzene rings is 9. The van der Waals surface area contributed by atoms with Gasteiger partial charge in [0.15, 0.2) is 0 Å². The van der Waals surface area contributed by atoms with Crippen LogP contribution >= 0.6 is 0 Å². The molecule has 0 amide bonds. The molecule has 0 heterocycles. The van der Waals surface area contributed by atoms with Crippen LogP contribution in [0.1, 0.15) is 69.3 Å². The predicted molar refractivity (Wildman–Crippen MR) is 266 cm³/mol. The molecule has 12 rings (SSSR count). The Morgan fingerprint density at radius 3 is 1.37 bits per heavy atom. The molecule has 0 aromatic heterocycles. The Morgan fingerprint density at radius 2 is 0.823 bits per heavy atom. The first-order valence-electron chi connectivity index (χ1n) is 23.2. The number of hydrogen-bond acceptors (Lipinski definition) is 2. The molecule has 302 valence electrons. The zero-order chi connectivity index (χ0) is 41.0. The van der Waals surface area contributed by atoms with E-state index in [9.17, 15) is 0 Å². The molecule has 1 unspecified atom stereocenters. The molecule has 0 saturated heterocycles. The van der Waals surface area contributed by atoms with Gasteiger partial charge in [0.25, 0.3) is 0 Å². The van der Waals surface area contributed by atoms with Gasteiger partial charge in [0.1, 0.15) is 0 Å². The second kappa shape index (κ2) is 15.7. The molecule has 2 nitrogen and oxygen atoms in total. The Labute approximate surface area is 365 Å². The minimum Gasteiger partial charge on any atom is -0.311 e. The Kier molecular flexibility index (Phi) is 9.39. The third-order valence-electron chi connectivity index (χ3n) is 14.7. The van der Waals surface area contributed by atoms with Crippen LogP contribution in [0.2, 0.25) is 0 Å². The van der Waals surface area contributed by atoms with Crippen molar-refractivity contribution >= 4 is 82.3 Å². The first-order chi connectivity index (χ1) is 30.8. The molecule has 0 aliphatic heterocycles. The third-order valence-corrected chi connectivity index (χ3v) is 14.7. The van der Waals surface area contributed by atoms with E-state index in [4.69, 9.17) is 0 Å². The molecule has 0 bridgehead atoms. The summed E-state index contributed by atoms with van der Waals surface area (Å²) in [6, 6.07) is 63.9. The van der Waals surface area contributed by atoms with Gasteiger partial charge in [-0.2, -0.15) is 0 Å². The van der Waals surface area contributed by atoms with Crippen molar-refractivity contribution in [2.75, 3.05) is 9.80 Å². The average Bonchev–Trinajstić information content (AvgIpc) is 4.10. The summed E-state index contributed by atoms with van der Waals surface area (Å²) in [7, 11) is 0. The van der Waals surface area contributed by atoms with Gasteiger partial charge in [-0.05, 0) is 176 Å². The Morgan fingerprint density at radius 1 is 0.371 bits per heavy atom. The highest BCUT2D eigenvalue weighted by Crippen LogP contribution is 2.48. The normalized spacial score (nSPS) is 17.2. The lowest BCUT2D eigenvalue weighted by Crippen LogP contribution is -2.19. The summed E-state index contributed by atoms with van der Waals surface area (Å²) in [5, 5.41) is 12.9. The van der Waals surface area contributed by atoms with Gasteiger partial charge < -0.3 is 9.80 Å². The lowest BCUT2D eigenvalue weighted by molar-refractivity contribution is 0.405. The Hall–Kier alpha value is -6.64. The SMILES string of the molecule is C1=CC(C2CCCC2)CC=C1N(c1ccccc1)c1ccc2c(c1)c1ccccc1c1c3ccc(N(c4ccccc4)c4ccc(C5CCCC5)cc4)cc3c3ccccc3c21. The highest BCUT2D eigenvalue weighted by molar-refractivity contribution is 6.39. The van der Waals surface area contributed by atoms with E-state index in [0.717, 1.165) is 23.7 Å². The molecule has 2 saturated carbocycles. The smallest absolute Gasteiger partial charge is 0.0468 e. The van der Waals surface area contributed by atoms with Crippen LogP contribution in [0, 0.1) is 11.8 Å².